The van der Waals surface area contributed by atoms with Crippen LogP contribution in [0.1, 0.15) is 38.2 Å². The van der Waals surface area contributed by atoms with Gasteiger partial charge in [-0.2, -0.15) is 0 Å². The van der Waals surface area contributed by atoms with Crippen LogP contribution in [0.25, 0.3) is 0 Å². The van der Waals surface area contributed by atoms with E-state index in [-0.39, 0.29) is 0 Å². The van der Waals surface area contributed by atoms with Crippen molar-refractivity contribution in [2.75, 3.05) is 0 Å². The fourth-order valence-electron chi connectivity index (χ4n) is 1.51. The molecule has 1 rings (SSSR count). The quantitative estimate of drug-likeness (QED) is 0.726. The molecule has 0 unspecified atom stereocenters. The normalized spacial score (nSPS) is 10.6. The minimum Gasteiger partial charge on any atom is -0.508 e. The van der Waals surface area contributed by atoms with E-state index in [1.807, 2.05) is 12.1 Å². The first-order valence-corrected chi connectivity index (χ1v) is 4.56. The molecule has 66 valence electrons. The van der Waals surface area contributed by atoms with E-state index in [1.165, 1.54) is 18.4 Å². The Bertz CT molecular complexity index is 221. The van der Waals surface area contributed by atoms with E-state index in [0.29, 0.717) is 11.7 Å². The lowest BCUT2D eigenvalue weighted by Gasteiger charge is -2.11. The molecule has 1 nitrogen and oxygen atoms in total. The molecule has 0 bridgehead atoms. The Hall–Kier alpha value is -0.980. The maximum atomic E-state index is 9.08. The molecule has 0 saturated carbocycles. The topological polar surface area (TPSA) is 20.2 Å². The van der Waals surface area contributed by atoms with Crippen molar-refractivity contribution in [2.45, 2.75) is 32.6 Å². The fraction of sp³-hybridized carbons (Fsp3) is 0.455. The van der Waals surface area contributed by atoms with E-state index in [2.05, 4.69) is 13.8 Å². The lowest BCUT2D eigenvalue weighted by Crippen LogP contribution is -1.93. The van der Waals surface area contributed by atoms with Gasteiger partial charge in [-0.1, -0.05) is 26.0 Å². The standard InChI is InChI=1S/C11H16O/c1-3-9(4-2)10-5-7-11(12)8-6-10/h5-9,12H,3-4H2,1-2H3. The Labute approximate surface area is 74.1 Å². The van der Waals surface area contributed by atoms with Gasteiger partial charge in [0.05, 0.1) is 0 Å². The fourth-order valence-corrected chi connectivity index (χ4v) is 1.51. The van der Waals surface area contributed by atoms with E-state index < -0.39 is 0 Å². The Kier molecular flexibility index (Phi) is 3.15. The average Bonchev–Trinajstić information content (AvgIpc) is 2.10. The highest BCUT2D eigenvalue weighted by atomic mass is 16.3. The molecule has 0 saturated heterocycles. The van der Waals surface area contributed by atoms with Crippen LogP contribution in [0.4, 0.5) is 0 Å². The van der Waals surface area contributed by atoms with Crippen molar-refractivity contribution in [3.8, 4) is 5.75 Å². The van der Waals surface area contributed by atoms with Crippen LogP contribution in [0.3, 0.4) is 0 Å². The van der Waals surface area contributed by atoms with Crippen molar-refractivity contribution < 1.29 is 5.11 Å². The highest BCUT2D eigenvalue weighted by Gasteiger charge is 2.05. The van der Waals surface area contributed by atoms with E-state index in [0.717, 1.165) is 0 Å². The first-order chi connectivity index (χ1) is 5.77. The molecule has 0 aliphatic heterocycles. The van der Waals surface area contributed by atoms with Crippen LogP contribution in [-0.2, 0) is 0 Å². The number of hydrogen-bond acceptors (Lipinski definition) is 1. The van der Waals surface area contributed by atoms with E-state index in [9.17, 15) is 0 Å². The summed E-state index contributed by atoms with van der Waals surface area (Å²) >= 11 is 0. The van der Waals surface area contributed by atoms with Crippen molar-refractivity contribution in [3.05, 3.63) is 29.8 Å². The van der Waals surface area contributed by atoms with Gasteiger partial charge in [0, 0.05) is 0 Å². The Morgan fingerprint density at radius 2 is 1.58 bits per heavy atom. The maximum absolute atomic E-state index is 9.08. The van der Waals surface area contributed by atoms with Crippen LogP contribution in [0.2, 0.25) is 0 Å². The summed E-state index contributed by atoms with van der Waals surface area (Å²) in [5.41, 5.74) is 1.33. The smallest absolute Gasteiger partial charge is 0.115 e. The lowest BCUT2D eigenvalue weighted by molar-refractivity contribution is 0.474. The second-order valence-corrected chi connectivity index (χ2v) is 3.10. The monoisotopic (exact) mass is 164 g/mol. The molecule has 0 aliphatic rings. The molecule has 1 aromatic rings. The molecule has 1 aromatic carbocycles. The average molecular weight is 164 g/mol. The third-order valence-corrected chi connectivity index (χ3v) is 2.35. The van der Waals surface area contributed by atoms with Crippen molar-refractivity contribution in [3.63, 3.8) is 0 Å². The SMILES string of the molecule is CCC(CC)c1ccc(O)cc1. The number of phenolic OH excluding ortho intramolecular Hbond substituents is 1. The van der Waals surface area contributed by atoms with Gasteiger partial charge in [-0.15, -0.1) is 0 Å². The molecule has 0 spiro atoms. The third-order valence-electron chi connectivity index (χ3n) is 2.35. The maximum Gasteiger partial charge on any atom is 0.115 e. The van der Waals surface area contributed by atoms with Gasteiger partial charge in [-0.3, -0.25) is 0 Å². The highest BCUT2D eigenvalue weighted by molar-refractivity contribution is 5.28. The zero-order valence-corrected chi connectivity index (χ0v) is 7.75. The van der Waals surface area contributed by atoms with Crippen LogP contribution in [0.15, 0.2) is 24.3 Å². The summed E-state index contributed by atoms with van der Waals surface area (Å²) in [5.74, 6) is 0.996. The minimum atomic E-state index is 0.352. The van der Waals surface area contributed by atoms with Crippen molar-refractivity contribution in [1.29, 1.82) is 0 Å². The molecule has 0 fully saturated rings. The third kappa shape index (κ3) is 2.00. The van der Waals surface area contributed by atoms with Crippen LogP contribution < -0.4 is 0 Å². The van der Waals surface area contributed by atoms with Gasteiger partial charge in [0.25, 0.3) is 0 Å². The zero-order valence-electron chi connectivity index (χ0n) is 7.75. The first-order valence-electron chi connectivity index (χ1n) is 4.56. The zero-order chi connectivity index (χ0) is 8.97. The van der Waals surface area contributed by atoms with Gasteiger partial charge in [-0.05, 0) is 36.5 Å². The summed E-state index contributed by atoms with van der Waals surface area (Å²) in [6.07, 6.45) is 2.34. The molecule has 0 amide bonds. The van der Waals surface area contributed by atoms with E-state index in [4.69, 9.17) is 5.11 Å². The van der Waals surface area contributed by atoms with Gasteiger partial charge in [-0.25, -0.2) is 0 Å². The van der Waals surface area contributed by atoms with Gasteiger partial charge in [0.15, 0.2) is 0 Å². The molecule has 0 heterocycles. The largest absolute Gasteiger partial charge is 0.508 e. The molecule has 0 radical (unpaired) electrons. The number of aromatic hydroxyl groups is 1. The molecule has 0 atom stereocenters. The van der Waals surface area contributed by atoms with Gasteiger partial charge >= 0.3 is 0 Å². The molecule has 1 heteroatoms. The van der Waals surface area contributed by atoms with Crippen molar-refractivity contribution in [1.82, 2.24) is 0 Å². The number of phenols is 1. The Morgan fingerprint density at radius 3 is 2.00 bits per heavy atom. The number of hydrogen-bond donors (Lipinski definition) is 1. The highest BCUT2D eigenvalue weighted by Crippen LogP contribution is 2.24. The summed E-state index contributed by atoms with van der Waals surface area (Å²) in [7, 11) is 0. The first kappa shape index (κ1) is 9.11. The second kappa shape index (κ2) is 4.15. The second-order valence-electron chi connectivity index (χ2n) is 3.10. The summed E-state index contributed by atoms with van der Waals surface area (Å²) in [6.45, 7) is 4.39. The molecular formula is C11H16O. The summed E-state index contributed by atoms with van der Waals surface area (Å²) in [4.78, 5) is 0. The van der Waals surface area contributed by atoms with Crippen LogP contribution >= 0.6 is 0 Å². The van der Waals surface area contributed by atoms with Crippen LogP contribution in [0.5, 0.6) is 5.75 Å². The van der Waals surface area contributed by atoms with Crippen molar-refractivity contribution >= 4 is 0 Å². The predicted octanol–water partition coefficient (Wildman–Crippen LogP) is 3.30. The van der Waals surface area contributed by atoms with E-state index >= 15 is 0 Å². The molecular weight excluding hydrogens is 148 g/mol. The summed E-state index contributed by atoms with van der Waals surface area (Å²) in [6, 6.07) is 7.53. The number of benzene rings is 1. The van der Waals surface area contributed by atoms with Gasteiger partial charge < -0.3 is 5.11 Å². The molecule has 0 aromatic heterocycles. The van der Waals surface area contributed by atoms with E-state index in [1.54, 1.807) is 12.1 Å². The van der Waals surface area contributed by atoms with Gasteiger partial charge in [0.1, 0.15) is 5.75 Å². The Balaban J connectivity index is 2.80. The van der Waals surface area contributed by atoms with Gasteiger partial charge in [0.2, 0.25) is 0 Å². The lowest BCUT2D eigenvalue weighted by atomic mass is 9.94. The van der Waals surface area contributed by atoms with Crippen LogP contribution in [-0.4, -0.2) is 5.11 Å². The molecule has 1 N–H and O–H groups in total. The summed E-state index contributed by atoms with van der Waals surface area (Å²) < 4.78 is 0. The minimum absolute atomic E-state index is 0.352. The van der Waals surface area contributed by atoms with Crippen LogP contribution in [0, 0.1) is 0 Å². The molecule has 12 heavy (non-hydrogen) atoms. The number of rotatable bonds is 3. The van der Waals surface area contributed by atoms with Crippen molar-refractivity contribution in [2.24, 2.45) is 0 Å². The molecule has 0 aliphatic carbocycles. The summed E-state index contributed by atoms with van der Waals surface area (Å²) in [5, 5.41) is 9.08. The Morgan fingerprint density at radius 1 is 1.08 bits per heavy atom. The predicted molar refractivity (Wildman–Crippen MR) is 51.4 cm³/mol.